The maximum atomic E-state index is 11.1. The Balaban J connectivity index is 4.39. The maximum Gasteiger partial charge on any atom is 0.252 e. The van der Waals surface area contributed by atoms with Crippen LogP contribution in [0.1, 0.15) is 27.2 Å². The summed E-state index contributed by atoms with van der Waals surface area (Å²) in [5.74, 6) is -0.740. The molecule has 0 spiro atoms. The Morgan fingerprint density at radius 3 is 2.23 bits per heavy atom. The van der Waals surface area contributed by atoms with E-state index in [4.69, 9.17) is 5.73 Å². The van der Waals surface area contributed by atoms with Crippen LogP contribution in [-0.4, -0.2) is 25.6 Å². The van der Waals surface area contributed by atoms with Crippen molar-refractivity contribution in [2.24, 2.45) is 5.73 Å². The lowest BCUT2D eigenvalue weighted by atomic mass is 10.1. The van der Waals surface area contributed by atoms with Gasteiger partial charge in [-0.25, -0.2) is 8.42 Å². The molecule has 0 heterocycles. The number of hydrogen-bond acceptors (Lipinski definition) is 4. The van der Waals surface area contributed by atoms with E-state index in [-0.39, 0.29) is 5.75 Å². The summed E-state index contributed by atoms with van der Waals surface area (Å²) in [6.07, 6.45) is 0.466. The lowest BCUT2D eigenvalue weighted by Crippen LogP contribution is -2.51. The molecule has 0 aliphatic heterocycles. The summed E-state index contributed by atoms with van der Waals surface area (Å²) in [7, 11) is -3.49. The summed E-state index contributed by atoms with van der Waals surface area (Å²) >= 11 is 0. The molecule has 0 saturated carbocycles. The van der Waals surface area contributed by atoms with Gasteiger partial charge in [0.2, 0.25) is 10.0 Å². The fourth-order valence-corrected chi connectivity index (χ4v) is 1.78. The normalized spacial score (nSPS) is 12.6. The first kappa shape index (κ1) is 12.4. The van der Waals surface area contributed by atoms with E-state index < -0.39 is 21.5 Å². The van der Waals surface area contributed by atoms with Crippen molar-refractivity contribution < 1.29 is 13.2 Å². The van der Waals surface area contributed by atoms with E-state index in [1.807, 2.05) is 4.72 Å². The highest BCUT2D eigenvalue weighted by Crippen LogP contribution is 1.98. The van der Waals surface area contributed by atoms with Crippen LogP contribution in [-0.2, 0) is 14.8 Å². The van der Waals surface area contributed by atoms with Crippen LogP contribution < -0.4 is 10.5 Å². The molecule has 78 valence electrons. The summed E-state index contributed by atoms with van der Waals surface area (Å²) in [5, 5.41) is 0. The molecule has 6 heteroatoms. The fraction of sp³-hybridized carbons (Fsp3) is 0.857. The lowest BCUT2D eigenvalue weighted by molar-refractivity contribution is -0.123. The van der Waals surface area contributed by atoms with Crippen LogP contribution in [0, 0.1) is 0 Å². The second-order valence-corrected chi connectivity index (χ2v) is 5.31. The Hall–Kier alpha value is -0.620. The topological polar surface area (TPSA) is 89.3 Å². The van der Waals surface area contributed by atoms with Gasteiger partial charge in [-0.05, 0) is 20.3 Å². The van der Waals surface area contributed by atoms with E-state index in [0.29, 0.717) is 6.42 Å². The number of amides is 1. The molecular weight excluding hydrogens is 192 g/mol. The van der Waals surface area contributed by atoms with Gasteiger partial charge in [-0.1, -0.05) is 6.92 Å². The van der Waals surface area contributed by atoms with Crippen molar-refractivity contribution in [1.82, 2.24) is 4.72 Å². The van der Waals surface area contributed by atoms with Crippen LogP contribution in [0.3, 0.4) is 0 Å². The van der Waals surface area contributed by atoms with Gasteiger partial charge < -0.3 is 5.73 Å². The van der Waals surface area contributed by atoms with Crippen LogP contribution in [0.25, 0.3) is 0 Å². The number of nitrogens with two attached hydrogens (primary N) is 1. The Morgan fingerprint density at radius 1 is 1.46 bits per heavy atom. The van der Waals surface area contributed by atoms with E-state index in [0.717, 1.165) is 0 Å². The SMILES string of the molecule is CCCS(=O)(=O)NC(=O)C(C)(C)N. The molecule has 0 bridgehead atoms. The van der Waals surface area contributed by atoms with E-state index in [1.54, 1.807) is 6.92 Å². The van der Waals surface area contributed by atoms with Gasteiger partial charge in [0.1, 0.15) is 0 Å². The van der Waals surface area contributed by atoms with Crippen LogP contribution in [0.4, 0.5) is 0 Å². The highest BCUT2D eigenvalue weighted by Gasteiger charge is 2.25. The van der Waals surface area contributed by atoms with Crippen LogP contribution in [0.5, 0.6) is 0 Å². The highest BCUT2D eigenvalue weighted by molar-refractivity contribution is 7.90. The second-order valence-electron chi connectivity index (χ2n) is 3.47. The first-order chi connectivity index (χ1) is 5.69. The van der Waals surface area contributed by atoms with Gasteiger partial charge in [0.05, 0.1) is 11.3 Å². The summed E-state index contributed by atoms with van der Waals surface area (Å²) in [6.45, 7) is 4.62. The molecule has 0 aromatic heterocycles. The van der Waals surface area contributed by atoms with Crippen molar-refractivity contribution in [2.75, 3.05) is 5.75 Å². The summed E-state index contributed by atoms with van der Waals surface area (Å²) in [4.78, 5) is 11.1. The van der Waals surface area contributed by atoms with Gasteiger partial charge in [-0.2, -0.15) is 0 Å². The largest absolute Gasteiger partial charge is 0.318 e. The summed E-state index contributed by atoms with van der Waals surface area (Å²) in [6, 6.07) is 0. The second kappa shape index (κ2) is 4.06. The predicted molar refractivity (Wildman–Crippen MR) is 50.5 cm³/mol. The zero-order chi connectivity index (χ0) is 10.7. The van der Waals surface area contributed by atoms with E-state index >= 15 is 0 Å². The number of hydrogen-bond donors (Lipinski definition) is 2. The van der Waals surface area contributed by atoms with Crippen LogP contribution in [0.2, 0.25) is 0 Å². The number of nitrogens with one attached hydrogen (secondary N) is 1. The van der Waals surface area contributed by atoms with Gasteiger partial charge in [0, 0.05) is 0 Å². The third kappa shape index (κ3) is 4.84. The molecular formula is C7H16N2O3S. The van der Waals surface area contributed by atoms with E-state index in [2.05, 4.69) is 0 Å². The van der Waals surface area contributed by atoms with Crippen molar-refractivity contribution in [3.8, 4) is 0 Å². The number of rotatable bonds is 4. The van der Waals surface area contributed by atoms with Crippen LogP contribution >= 0.6 is 0 Å². The van der Waals surface area contributed by atoms with Crippen molar-refractivity contribution in [3.05, 3.63) is 0 Å². The van der Waals surface area contributed by atoms with Gasteiger partial charge in [0.15, 0.2) is 0 Å². The zero-order valence-electron chi connectivity index (χ0n) is 8.12. The fourth-order valence-electron chi connectivity index (χ4n) is 0.593. The van der Waals surface area contributed by atoms with E-state index in [1.165, 1.54) is 13.8 Å². The van der Waals surface area contributed by atoms with Crippen molar-refractivity contribution in [2.45, 2.75) is 32.7 Å². The van der Waals surface area contributed by atoms with Crippen molar-refractivity contribution in [3.63, 3.8) is 0 Å². The molecule has 0 fully saturated rings. The molecule has 0 aromatic carbocycles. The molecule has 0 saturated heterocycles. The zero-order valence-corrected chi connectivity index (χ0v) is 8.94. The third-order valence-electron chi connectivity index (χ3n) is 1.31. The highest BCUT2D eigenvalue weighted by atomic mass is 32.2. The first-order valence-electron chi connectivity index (χ1n) is 4.03. The quantitative estimate of drug-likeness (QED) is 0.656. The lowest BCUT2D eigenvalue weighted by Gasteiger charge is -2.17. The third-order valence-corrected chi connectivity index (χ3v) is 2.75. The molecule has 5 nitrogen and oxygen atoms in total. The maximum absolute atomic E-state index is 11.1. The molecule has 0 atom stereocenters. The molecule has 0 rings (SSSR count). The molecule has 13 heavy (non-hydrogen) atoms. The monoisotopic (exact) mass is 208 g/mol. The van der Waals surface area contributed by atoms with Gasteiger partial charge in [-0.3, -0.25) is 9.52 Å². The first-order valence-corrected chi connectivity index (χ1v) is 5.68. The minimum absolute atomic E-state index is 0.0607. The molecule has 0 aliphatic rings. The molecule has 0 aromatic rings. The average molecular weight is 208 g/mol. The van der Waals surface area contributed by atoms with Crippen LogP contribution in [0.15, 0.2) is 0 Å². The Kier molecular flexibility index (Phi) is 3.87. The van der Waals surface area contributed by atoms with Crippen molar-refractivity contribution >= 4 is 15.9 Å². The molecule has 0 radical (unpaired) electrons. The van der Waals surface area contributed by atoms with Gasteiger partial charge in [0.25, 0.3) is 5.91 Å². The molecule has 0 aliphatic carbocycles. The minimum Gasteiger partial charge on any atom is -0.318 e. The summed E-state index contributed by atoms with van der Waals surface area (Å²) in [5.41, 5.74) is 4.24. The van der Waals surface area contributed by atoms with Crippen molar-refractivity contribution in [1.29, 1.82) is 0 Å². The summed E-state index contributed by atoms with van der Waals surface area (Å²) < 4.78 is 24.1. The predicted octanol–water partition coefficient (Wildman–Crippen LogP) is -0.420. The number of sulfonamides is 1. The van der Waals surface area contributed by atoms with E-state index in [9.17, 15) is 13.2 Å². The minimum atomic E-state index is -3.49. The molecule has 3 N–H and O–H groups in total. The smallest absolute Gasteiger partial charge is 0.252 e. The molecule has 0 unspecified atom stereocenters. The molecule has 1 amide bonds. The number of carbonyl (C=O) groups excluding carboxylic acids is 1. The Morgan fingerprint density at radius 2 is 1.92 bits per heavy atom. The van der Waals surface area contributed by atoms with Gasteiger partial charge in [-0.15, -0.1) is 0 Å². The standard InChI is InChI=1S/C7H16N2O3S/c1-4-5-13(11,12)9-6(10)7(2,3)8/h4-5,8H2,1-3H3,(H,9,10). The Labute approximate surface area is 78.7 Å². The Bertz CT molecular complexity index is 277. The average Bonchev–Trinajstić information content (AvgIpc) is 1.83. The van der Waals surface area contributed by atoms with Gasteiger partial charge >= 0.3 is 0 Å². The number of carbonyl (C=O) groups is 1.